The summed E-state index contributed by atoms with van der Waals surface area (Å²) in [5.41, 5.74) is 15.9. The summed E-state index contributed by atoms with van der Waals surface area (Å²) in [6.07, 6.45) is 0. The van der Waals surface area contributed by atoms with E-state index >= 15 is 0 Å². The fourth-order valence-electron chi connectivity index (χ4n) is 1.38. The summed E-state index contributed by atoms with van der Waals surface area (Å²) in [4.78, 5) is 7.94. The van der Waals surface area contributed by atoms with Crippen molar-refractivity contribution in [2.24, 2.45) is 39.0 Å². The second-order valence-electron chi connectivity index (χ2n) is 4.00. The fraction of sp³-hybridized carbons (Fsp3) is 0.778. The summed E-state index contributed by atoms with van der Waals surface area (Å²) < 4.78 is 0. The Labute approximate surface area is 85.5 Å². The first kappa shape index (κ1) is 12.7. The van der Waals surface area contributed by atoms with Crippen LogP contribution in [0, 0.1) is 11.8 Å². The van der Waals surface area contributed by atoms with Crippen LogP contribution in [-0.2, 0) is 0 Å². The van der Waals surface area contributed by atoms with Crippen LogP contribution in [0.15, 0.2) is 9.98 Å². The van der Waals surface area contributed by atoms with E-state index < -0.39 is 0 Å². The molecule has 0 atom stereocenters. The smallest absolute Gasteiger partial charge is 0.218 e. The minimum atomic E-state index is -0.0579. The predicted molar refractivity (Wildman–Crippen MR) is 60.9 cm³/mol. The molecule has 82 valence electrons. The van der Waals surface area contributed by atoms with Crippen LogP contribution in [0.5, 0.6) is 0 Å². The van der Waals surface area contributed by atoms with Crippen molar-refractivity contribution in [2.45, 2.75) is 33.7 Å². The molecule has 0 amide bonds. The van der Waals surface area contributed by atoms with Gasteiger partial charge in [-0.15, -0.1) is 0 Å². The number of hydrogen-bond acceptors (Lipinski definition) is 1. The maximum absolute atomic E-state index is 5.55. The van der Waals surface area contributed by atoms with Gasteiger partial charge in [-0.25, -0.2) is 4.99 Å². The zero-order valence-electron chi connectivity index (χ0n) is 9.36. The molecule has 0 fully saturated rings. The van der Waals surface area contributed by atoms with Crippen LogP contribution in [-0.4, -0.2) is 18.0 Å². The Hall–Kier alpha value is -1.26. The van der Waals surface area contributed by atoms with Crippen molar-refractivity contribution in [3.8, 4) is 0 Å². The fourth-order valence-corrected chi connectivity index (χ4v) is 1.38. The standard InChI is InChI=1S/C9H21N5/c1-5(2)7(6(3)4)13-9(12)14-8(10)11/h5-7H,1-4H3,(H6,10,11,12,13,14). The molecule has 5 heteroatoms. The lowest BCUT2D eigenvalue weighted by molar-refractivity contribution is 0.388. The van der Waals surface area contributed by atoms with E-state index in [-0.39, 0.29) is 18.0 Å². The highest BCUT2D eigenvalue weighted by Gasteiger charge is 2.16. The van der Waals surface area contributed by atoms with E-state index in [0.717, 1.165) is 0 Å². The van der Waals surface area contributed by atoms with Gasteiger partial charge in [0.15, 0.2) is 5.96 Å². The Morgan fingerprint density at radius 2 is 1.36 bits per heavy atom. The molecule has 0 aliphatic heterocycles. The number of aliphatic imine (C=N–C) groups is 2. The van der Waals surface area contributed by atoms with Gasteiger partial charge in [0.2, 0.25) is 5.96 Å². The third-order valence-corrected chi connectivity index (χ3v) is 1.89. The molecule has 0 radical (unpaired) electrons. The van der Waals surface area contributed by atoms with Gasteiger partial charge in [0.25, 0.3) is 0 Å². The lowest BCUT2D eigenvalue weighted by Crippen LogP contribution is -2.29. The molecule has 5 nitrogen and oxygen atoms in total. The Morgan fingerprint density at radius 1 is 0.929 bits per heavy atom. The maximum Gasteiger partial charge on any atom is 0.218 e. The van der Waals surface area contributed by atoms with E-state index in [1.54, 1.807) is 0 Å². The quantitative estimate of drug-likeness (QED) is 0.448. The molecule has 6 N–H and O–H groups in total. The number of guanidine groups is 2. The summed E-state index contributed by atoms with van der Waals surface area (Å²) in [5.74, 6) is 0.931. The Kier molecular flexibility index (Phi) is 4.97. The highest BCUT2D eigenvalue weighted by Crippen LogP contribution is 2.15. The lowest BCUT2D eigenvalue weighted by atomic mass is 9.94. The number of nitrogens with zero attached hydrogens (tertiary/aromatic N) is 2. The van der Waals surface area contributed by atoms with Gasteiger partial charge < -0.3 is 17.2 Å². The summed E-state index contributed by atoms with van der Waals surface area (Å²) >= 11 is 0. The van der Waals surface area contributed by atoms with Crippen LogP contribution < -0.4 is 17.2 Å². The molecule has 0 rings (SSSR count). The summed E-state index contributed by atoms with van der Waals surface area (Å²) in [6.45, 7) is 8.38. The molecule has 0 aromatic carbocycles. The molecule has 0 aliphatic carbocycles. The van der Waals surface area contributed by atoms with Crippen molar-refractivity contribution in [1.29, 1.82) is 0 Å². The average Bonchev–Trinajstić information content (AvgIpc) is 1.97. The monoisotopic (exact) mass is 199 g/mol. The Bertz CT molecular complexity index is 217. The average molecular weight is 199 g/mol. The van der Waals surface area contributed by atoms with Crippen molar-refractivity contribution in [3.05, 3.63) is 0 Å². The van der Waals surface area contributed by atoms with Crippen LogP contribution in [0.3, 0.4) is 0 Å². The molecule has 0 aromatic heterocycles. The minimum Gasteiger partial charge on any atom is -0.370 e. The molecule has 0 saturated heterocycles. The molecule has 0 spiro atoms. The van der Waals surface area contributed by atoms with Crippen LogP contribution in [0.2, 0.25) is 0 Å². The van der Waals surface area contributed by atoms with Gasteiger partial charge in [0, 0.05) is 0 Å². The van der Waals surface area contributed by atoms with E-state index in [1.165, 1.54) is 0 Å². The molecule has 14 heavy (non-hydrogen) atoms. The predicted octanol–water partition coefficient (Wildman–Crippen LogP) is 0.255. The Balaban J connectivity index is 4.64. The maximum atomic E-state index is 5.55. The SMILES string of the molecule is CC(C)C(N=C(N)N=C(N)N)C(C)C. The molecular weight excluding hydrogens is 178 g/mol. The summed E-state index contributed by atoms with van der Waals surface area (Å²) in [7, 11) is 0. The van der Waals surface area contributed by atoms with Gasteiger partial charge in [0.1, 0.15) is 0 Å². The van der Waals surface area contributed by atoms with Crippen LogP contribution in [0.4, 0.5) is 0 Å². The summed E-state index contributed by atoms with van der Waals surface area (Å²) in [6, 6.07) is 0.151. The topological polar surface area (TPSA) is 103 Å². The zero-order chi connectivity index (χ0) is 11.3. The lowest BCUT2D eigenvalue weighted by Gasteiger charge is -2.20. The van der Waals surface area contributed by atoms with Crippen molar-refractivity contribution < 1.29 is 0 Å². The van der Waals surface area contributed by atoms with Crippen LogP contribution in [0.25, 0.3) is 0 Å². The molecule has 0 aliphatic rings. The van der Waals surface area contributed by atoms with E-state index in [9.17, 15) is 0 Å². The van der Waals surface area contributed by atoms with Gasteiger partial charge >= 0.3 is 0 Å². The Morgan fingerprint density at radius 3 is 1.64 bits per heavy atom. The minimum absolute atomic E-state index is 0.0579. The van der Waals surface area contributed by atoms with Gasteiger partial charge in [-0.2, -0.15) is 4.99 Å². The highest BCUT2D eigenvalue weighted by molar-refractivity contribution is 5.92. The third-order valence-electron chi connectivity index (χ3n) is 1.89. The number of rotatable bonds is 3. The molecule has 0 unspecified atom stereocenters. The first-order valence-corrected chi connectivity index (χ1v) is 4.77. The van der Waals surface area contributed by atoms with Crippen molar-refractivity contribution in [2.75, 3.05) is 0 Å². The first-order valence-electron chi connectivity index (χ1n) is 4.77. The largest absolute Gasteiger partial charge is 0.370 e. The van der Waals surface area contributed by atoms with E-state index in [2.05, 4.69) is 37.7 Å². The molecular formula is C9H21N5. The van der Waals surface area contributed by atoms with Gasteiger partial charge in [0.05, 0.1) is 6.04 Å². The van der Waals surface area contributed by atoms with Gasteiger partial charge in [-0.3, -0.25) is 0 Å². The first-order chi connectivity index (χ1) is 6.34. The third kappa shape index (κ3) is 4.69. The summed E-state index contributed by atoms with van der Waals surface area (Å²) in [5, 5.41) is 0. The van der Waals surface area contributed by atoms with Crippen LogP contribution >= 0.6 is 0 Å². The van der Waals surface area contributed by atoms with Gasteiger partial charge in [-0.05, 0) is 11.8 Å². The van der Waals surface area contributed by atoms with Crippen molar-refractivity contribution in [1.82, 2.24) is 0 Å². The normalized spacial score (nSPS) is 12.6. The molecule has 0 bridgehead atoms. The van der Waals surface area contributed by atoms with E-state index in [1.807, 2.05) is 0 Å². The second-order valence-corrected chi connectivity index (χ2v) is 4.00. The number of hydrogen-bond donors (Lipinski definition) is 3. The molecule has 0 saturated carbocycles. The van der Waals surface area contributed by atoms with Crippen molar-refractivity contribution >= 4 is 11.9 Å². The highest BCUT2D eigenvalue weighted by atomic mass is 15.1. The van der Waals surface area contributed by atoms with Crippen molar-refractivity contribution in [3.63, 3.8) is 0 Å². The van der Waals surface area contributed by atoms with Gasteiger partial charge in [-0.1, -0.05) is 27.7 Å². The second kappa shape index (κ2) is 5.47. The number of nitrogens with two attached hydrogens (primary N) is 3. The molecule has 0 aromatic rings. The van der Waals surface area contributed by atoms with E-state index in [0.29, 0.717) is 11.8 Å². The van der Waals surface area contributed by atoms with Crippen LogP contribution in [0.1, 0.15) is 27.7 Å². The zero-order valence-corrected chi connectivity index (χ0v) is 9.36. The van der Waals surface area contributed by atoms with E-state index in [4.69, 9.17) is 17.2 Å². The molecule has 0 heterocycles.